The van der Waals surface area contributed by atoms with Crippen LogP contribution in [0.1, 0.15) is 51.5 Å². The minimum absolute atomic E-state index is 0. The minimum atomic E-state index is 0. The number of nitrogens with zero attached hydrogens (tertiary/aromatic N) is 2. The third-order valence-corrected chi connectivity index (χ3v) is 3.64. The maximum absolute atomic E-state index is 5.77. The van der Waals surface area contributed by atoms with E-state index in [1.165, 1.54) is 0 Å². The van der Waals surface area contributed by atoms with Gasteiger partial charge >= 0.3 is 0 Å². The topological polar surface area (TPSA) is 71.7 Å². The first-order valence-electron chi connectivity index (χ1n) is 8.54. The van der Waals surface area contributed by atoms with E-state index in [1.54, 1.807) is 0 Å². The Morgan fingerprint density at radius 2 is 1.96 bits per heavy atom. The predicted molar refractivity (Wildman–Crippen MR) is 109 cm³/mol. The summed E-state index contributed by atoms with van der Waals surface area (Å²) in [7, 11) is 0. The third-order valence-electron chi connectivity index (χ3n) is 3.64. The summed E-state index contributed by atoms with van der Waals surface area (Å²) in [5.41, 5.74) is 0.921. The van der Waals surface area contributed by atoms with E-state index < -0.39 is 0 Å². The van der Waals surface area contributed by atoms with Crippen LogP contribution in [0, 0.1) is 19.8 Å². The van der Waals surface area contributed by atoms with Crippen molar-refractivity contribution in [3.63, 3.8) is 0 Å². The number of oxazole rings is 1. The molecule has 0 aliphatic carbocycles. The Labute approximate surface area is 163 Å². The second-order valence-corrected chi connectivity index (χ2v) is 5.90. The van der Waals surface area contributed by atoms with Crippen LogP contribution in [0.15, 0.2) is 9.41 Å². The van der Waals surface area contributed by atoms with Gasteiger partial charge < -0.3 is 19.8 Å². The molecule has 1 aromatic heterocycles. The Balaban J connectivity index is 0.00000529. The van der Waals surface area contributed by atoms with E-state index in [0.29, 0.717) is 18.4 Å². The van der Waals surface area contributed by atoms with Gasteiger partial charge in [0, 0.05) is 19.7 Å². The molecule has 1 aromatic rings. The van der Waals surface area contributed by atoms with Gasteiger partial charge in [0.1, 0.15) is 12.3 Å². The summed E-state index contributed by atoms with van der Waals surface area (Å²) in [6, 6.07) is 0. The van der Waals surface area contributed by atoms with Gasteiger partial charge in [0.2, 0.25) is 5.89 Å². The number of guanidine groups is 1. The van der Waals surface area contributed by atoms with Crippen LogP contribution in [0.5, 0.6) is 0 Å². The molecule has 140 valence electrons. The molecule has 2 N–H and O–H groups in total. The third kappa shape index (κ3) is 8.32. The number of aromatic nitrogens is 1. The van der Waals surface area contributed by atoms with Crippen molar-refractivity contribution in [2.45, 2.75) is 60.6 Å². The first-order chi connectivity index (χ1) is 11.0. The van der Waals surface area contributed by atoms with Crippen LogP contribution in [0.25, 0.3) is 0 Å². The van der Waals surface area contributed by atoms with Gasteiger partial charge in [-0.3, -0.25) is 0 Å². The van der Waals surface area contributed by atoms with Crippen LogP contribution in [0.4, 0.5) is 0 Å². The number of hydrogen-bond donors (Lipinski definition) is 2. The standard InChI is InChI=1S/C17H32N4O2.HI/c1-7-18-17(19-10-9-15(12(3)4)22-8-2)20-11-16-21-13(5)14(6)23-16;/h12,15H,7-11H2,1-6H3,(H2,18,19,20);1H. The second kappa shape index (κ2) is 12.5. The largest absolute Gasteiger partial charge is 0.444 e. The Kier molecular flexibility index (Phi) is 12.1. The Hall–Kier alpha value is -0.830. The Morgan fingerprint density at radius 1 is 1.25 bits per heavy atom. The van der Waals surface area contributed by atoms with Gasteiger partial charge in [-0.25, -0.2) is 9.98 Å². The van der Waals surface area contributed by atoms with Crippen molar-refractivity contribution in [2.75, 3.05) is 19.7 Å². The summed E-state index contributed by atoms with van der Waals surface area (Å²) in [6.45, 7) is 15.1. The Bertz CT molecular complexity index is 469. The van der Waals surface area contributed by atoms with Crippen LogP contribution in [-0.4, -0.2) is 36.7 Å². The molecular formula is C17H33IN4O2. The highest BCUT2D eigenvalue weighted by atomic mass is 127. The van der Waals surface area contributed by atoms with E-state index in [9.17, 15) is 0 Å². The zero-order valence-electron chi connectivity index (χ0n) is 15.8. The Morgan fingerprint density at radius 3 is 2.46 bits per heavy atom. The first-order valence-corrected chi connectivity index (χ1v) is 8.54. The molecule has 0 fully saturated rings. The summed E-state index contributed by atoms with van der Waals surface area (Å²) in [6.07, 6.45) is 1.22. The van der Waals surface area contributed by atoms with Crippen molar-refractivity contribution < 1.29 is 9.15 Å². The maximum Gasteiger partial charge on any atom is 0.216 e. The normalized spacial score (nSPS) is 12.9. The molecule has 6 nitrogen and oxygen atoms in total. The van der Waals surface area contributed by atoms with E-state index in [4.69, 9.17) is 9.15 Å². The summed E-state index contributed by atoms with van der Waals surface area (Å²) >= 11 is 0. The molecule has 0 bridgehead atoms. The van der Waals surface area contributed by atoms with Crippen molar-refractivity contribution in [1.82, 2.24) is 15.6 Å². The predicted octanol–water partition coefficient (Wildman–Crippen LogP) is 3.42. The van der Waals surface area contributed by atoms with Crippen LogP contribution in [0.3, 0.4) is 0 Å². The lowest BCUT2D eigenvalue weighted by molar-refractivity contribution is 0.0258. The number of halogens is 1. The first kappa shape index (κ1) is 23.2. The molecule has 0 saturated carbocycles. The molecule has 1 heterocycles. The highest BCUT2D eigenvalue weighted by Crippen LogP contribution is 2.10. The summed E-state index contributed by atoms with van der Waals surface area (Å²) in [5.74, 6) is 2.78. The molecule has 0 aromatic carbocycles. The van der Waals surface area contributed by atoms with Crippen molar-refractivity contribution in [3.8, 4) is 0 Å². The fourth-order valence-corrected chi connectivity index (χ4v) is 2.25. The molecule has 0 aliphatic heterocycles. The SMILES string of the molecule is CCNC(=NCc1nc(C)c(C)o1)NCCC(OCC)C(C)C.I. The maximum atomic E-state index is 5.77. The van der Waals surface area contributed by atoms with Gasteiger partial charge in [-0.1, -0.05) is 13.8 Å². The average molecular weight is 452 g/mol. The van der Waals surface area contributed by atoms with Gasteiger partial charge in [-0.05, 0) is 40.0 Å². The number of aliphatic imine (C=N–C) groups is 1. The summed E-state index contributed by atoms with van der Waals surface area (Å²) in [4.78, 5) is 8.87. The molecule has 1 atom stereocenters. The van der Waals surface area contributed by atoms with E-state index in [2.05, 4.69) is 34.5 Å². The lowest BCUT2D eigenvalue weighted by Crippen LogP contribution is -2.39. The number of aryl methyl sites for hydroxylation is 2. The molecule has 1 unspecified atom stereocenters. The summed E-state index contributed by atoms with van der Waals surface area (Å²) in [5, 5.41) is 6.58. The van der Waals surface area contributed by atoms with Crippen molar-refractivity contribution in [3.05, 3.63) is 17.3 Å². The molecule has 0 saturated heterocycles. The lowest BCUT2D eigenvalue weighted by atomic mass is 10.0. The van der Waals surface area contributed by atoms with Gasteiger partial charge in [0.05, 0.1) is 11.8 Å². The van der Waals surface area contributed by atoms with Crippen molar-refractivity contribution in [1.29, 1.82) is 0 Å². The molecule has 0 spiro atoms. The van der Waals surface area contributed by atoms with Gasteiger partial charge in [0.25, 0.3) is 0 Å². The number of hydrogen-bond acceptors (Lipinski definition) is 4. The smallest absolute Gasteiger partial charge is 0.216 e. The van der Waals surface area contributed by atoms with E-state index >= 15 is 0 Å². The molecule has 1 rings (SSSR count). The highest BCUT2D eigenvalue weighted by molar-refractivity contribution is 14.0. The average Bonchev–Trinajstić information content (AvgIpc) is 2.82. The van der Waals surface area contributed by atoms with Crippen molar-refractivity contribution in [2.24, 2.45) is 10.9 Å². The van der Waals surface area contributed by atoms with Crippen LogP contribution < -0.4 is 10.6 Å². The van der Waals surface area contributed by atoms with Gasteiger partial charge in [0.15, 0.2) is 5.96 Å². The monoisotopic (exact) mass is 452 g/mol. The molecule has 0 aliphatic rings. The molecule has 0 radical (unpaired) electrons. The lowest BCUT2D eigenvalue weighted by Gasteiger charge is -2.21. The second-order valence-electron chi connectivity index (χ2n) is 5.90. The van der Waals surface area contributed by atoms with Crippen LogP contribution in [0.2, 0.25) is 0 Å². The highest BCUT2D eigenvalue weighted by Gasteiger charge is 2.13. The zero-order chi connectivity index (χ0) is 17.2. The van der Waals surface area contributed by atoms with E-state index in [-0.39, 0.29) is 30.1 Å². The van der Waals surface area contributed by atoms with Crippen molar-refractivity contribution >= 4 is 29.9 Å². The van der Waals surface area contributed by atoms with E-state index in [0.717, 1.165) is 43.5 Å². The van der Waals surface area contributed by atoms with Crippen LogP contribution >= 0.6 is 24.0 Å². The fraction of sp³-hybridized carbons (Fsp3) is 0.765. The molecular weight excluding hydrogens is 419 g/mol. The van der Waals surface area contributed by atoms with Gasteiger partial charge in [-0.2, -0.15) is 0 Å². The number of rotatable bonds is 9. The molecule has 7 heteroatoms. The van der Waals surface area contributed by atoms with Crippen LogP contribution in [-0.2, 0) is 11.3 Å². The number of nitrogens with one attached hydrogen (secondary N) is 2. The molecule has 24 heavy (non-hydrogen) atoms. The summed E-state index contributed by atoms with van der Waals surface area (Å²) < 4.78 is 11.3. The molecule has 0 amide bonds. The fourth-order valence-electron chi connectivity index (χ4n) is 2.25. The van der Waals surface area contributed by atoms with Gasteiger partial charge in [-0.15, -0.1) is 24.0 Å². The minimum Gasteiger partial charge on any atom is -0.444 e. The quantitative estimate of drug-likeness (QED) is 0.341. The number of ether oxygens (including phenoxy) is 1. The van der Waals surface area contributed by atoms with E-state index in [1.807, 2.05) is 27.7 Å². The zero-order valence-corrected chi connectivity index (χ0v) is 18.1.